The fourth-order valence-electron chi connectivity index (χ4n) is 3.91. The van der Waals surface area contributed by atoms with Crippen molar-refractivity contribution in [1.29, 1.82) is 0 Å². The van der Waals surface area contributed by atoms with Crippen molar-refractivity contribution >= 4 is 17.6 Å². The Morgan fingerprint density at radius 2 is 1.92 bits per heavy atom. The maximum absolute atomic E-state index is 12.9. The largest absolute Gasteiger partial charge is 0.384 e. The Labute approximate surface area is 152 Å². The number of pyridine rings is 1. The molecule has 0 aliphatic carbocycles. The predicted molar refractivity (Wildman–Crippen MR) is 98.1 cm³/mol. The zero-order valence-corrected chi connectivity index (χ0v) is 14.5. The molecule has 0 radical (unpaired) electrons. The van der Waals surface area contributed by atoms with Gasteiger partial charge in [-0.05, 0) is 30.5 Å². The van der Waals surface area contributed by atoms with Crippen molar-refractivity contribution in [1.82, 2.24) is 14.8 Å². The molecule has 5 rings (SSSR count). The molecule has 0 spiro atoms. The summed E-state index contributed by atoms with van der Waals surface area (Å²) in [4.78, 5) is 33.6. The summed E-state index contributed by atoms with van der Waals surface area (Å²) < 4.78 is 0. The van der Waals surface area contributed by atoms with E-state index in [-0.39, 0.29) is 23.8 Å². The number of nitrogens with zero attached hydrogens (tertiary/aromatic N) is 3. The summed E-state index contributed by atoms with van der Waals surface area (Å²) in [5, 5.41) is 0. The van der Waals surface area contributed by atoms with Crippen molar-refractivity contribution in [3.63, 3.8) is 0 Å². The van der Waals surface area contributed by atoms with Crippen LogP contribution in [0.5, 0.6) is 0 Å². The van der Waals surface area contributed by atoms with Gasteiger partial charge < -0.3 is 15.5 Å². The third-order valence-electron chi connectivity index (χ3n) is 5.31. The summed E-state index contributed by atoms with van der Waals surface area (Å²) in [7, 11) is 0. The topological polar surface area (TPSA) is 79.5 Å². The molecule has 0 unspecified atom stereocenters. The van der Waals surface area contributed by atoms with Crippen LogP contribution in [-0.4, -0.2) is 45.7 Å². The Morgan fingerprint density at radius 3 is 2.65 bits per heavy atom. The molecule has 1 aromatic carbocycles. The highest BCUT2D eigenvalue weighted by atomic mass is 16.2. The number of aromatic nitrogens is 1. The lowest BCUT2D eigenvalue weighted by molar-refractivity contribution is -0.140. The van der Waals surface area contributed by atoms with Gasteiger partial charge in [0.25, 0.3) is 5.91 Å². The van der Waals surface area contributed by atoms with E-state index in [9.17, 15) is 9.59 Å². The van der Waals surface area contributed by atoms with E-state index in [0.717, 1.165) is 18.4 Å². The molecule has 26 heavy (non-hydrogen) atoms. The third-order valence-corrected chi connectivity index (χ3v) is 5.31. The number of carbonyl (C=O) groups excluding carboxylic acids is 2. The number of carbonyl (C=O) groups is 2. The monoisotopic (exact) mass is 350 g/mol. The second-order valence-corrected chi connectivity index (χ2v) is 7.06. The van der Waals surface area contributed by atoms with E-state index < -0.39 is 0 Å². The van der Waals surface area contributed by atoms with Gasteiger partial charge in [0.05, 0.1) is 11.5 Å². The number of nitrogen functional groups attached to an aromatic ring is 1. The number of rotatable bonds is 3. The standard InChI is InChI=1S/C20H22N4O2/c21-18-9-7-15(10-22-18)19(25)23-12-16-6-8-17(13-23)24(20(16)26)11-14-4-2-1-3-5-14/h1-5,7,9-10,16-17H,6,8,11-13H2,(H2,21,22)/t16-,17+/m0/s1. The summed E-state index contributed by atoms with van der Waals surface area (Å²) in [6.45, 7) is 1.65. The van der Waals surface area contributed by atoms with Crippen LogP contribution in [0.25, 0.3) is 0 Å². The summed E-state index contributed by atoms with van der Waals surface area (Å²) >= 11 is 0. The summed E-state index contributed by atoms with van der Waals surface area (Å²) in [6, 6.07) is 13.4. The summed E-state index contributed by atoms with van der Waals surface area (Å²) in [5.41, 5.74) is 7.24. The zero-order chi connectivity index (χ0) is 18.1. The van der Waals surface area contributed by atoms with Gasteiger partial charge in [0.1, 0.15) is 5.82 Å². The highest BCUT2D eigenvalue weighted by molar-refractivity contribution is 5.95. The average molecular weight is 350 g/mol. The van der Waals surface area contributed by atoms with Crippen molar-refractivity contribution in [3.8, 4) is 0 Å². The first-order chi connectivity index (χ1) is 12.6. The van der Waals surface area contributed by atoms with Gasteiger partial charge >= 0.3 is 0 Å². The quantitative estimate of drug-likeness (QED) is 0.917. The molecule has 2 N–H and O–H groups in total. The van der Waals surface area contributed by atoms with Gasteiger partial charge in [-0.3, -0.25) is 9.59 Å². The van der Waals surface area contributed by atoms with Gasteiger partial charge in [0.2, 0.25) is 5.91 Å². The van der Waals surface area contributed by atoms with Crippen LogP contribution in [0.2, 0.25) is 0 Å². The highest BCUT2D eigenvalue weighted by Crippen LogP contribution is 2.31. The molecule has 6 heteroatoms. The van der Waals surface area contributed by atoms with Crippen LogP contribution in [0.3, 0.4) is 0 Å². The van der Waals surface area contributed by atoms with Gasteiger partial charge in [-0.15, -0.1) is 0 Å². The lowest BCUT2D eigenvalue weighted by Gasteiger charge is -2.36. The molecule has 1 aromatic heterocycles. The molecule has 134 valence electrons. The first kappa shape index (κ1) is 16.6. The van der Waals surface area contributed by atoms with Crippen LogP contribution in [0, 0.1) is 5.92 Å². The molecule has 4 heterocycles. The van der Waals surface area contributed by atoms with E-state index in [0.29, 0.717) is 31.0 Å². The number of nitrogens with two attached hydrogens (primary N) is 1. The van der Waals surface area contributed by atoms with Crippen molar-refractivity contribution in [3.05, 3.63) is 59.8 Å². The summed E-state index contributed by atoms with van der Waals surface area (Å²) in [6.07, 6.45) is 3.29. The van der Waals surface area contributed by atoms with E-state index in [1.54, 1.807) is 17.0 Å². The fourth-order valence-corrected chi connectivity index (χ4v) is 3.91. The normalized spacial score (nSPS) is 22.4. The van der Waals surface area contributed by atoms with Crippen LogP contribution in [-0.2, 0) is 11.3 Å². The van der Waals surface area contributed by atoms with E-state index in [1.807, 2.05) is 35.2 Å². The molecule has 3 aliphatic heterocycles. The van der Waals surface area contributed by atoms with Crippen molar-refractivity contribution < 1.29 is 9.59 Å². The van der Waals surface area contributed by atoms with Crippen LogP contribution in [0.4, 0.5) is 5.82 Å². The number of hydrogen-bond donors (Lipinski definition) is 1. The average Bonchev–Trinajstić information content (AvgIpc) is 2.95. The lowest BCUT2D eigenvalue weighted by Crippen LogP contribution is -2.47. The summed E-state index contributed by atoms with van der Waals surface area (Å²) in [5.74, 6) is 0.351. The number of fused-ring (bicyclic) bond motifs is 4. The Balaban J connectivity index is 1.54. The van der Waals surface area contributed by atoms with E-state index in [4.69, 9.17) is 5.73 Å². The van der Waals surface area contributed by atoms with E-state index in [2.05, 4.69) is 4.98 Å². The van der Waals surface area contributed by atoms with Crippen molar-refractivity contribution in [2.75, 3.05) is 18.8 Å². The molecule has 6 nitrogen and oxygen atoms in total. The van der Waals surface area contributed by atoms with Gasteiger partial charge in [0.15, 0.2) is 0 Å². The van der Waals surface area contributed by atoms with Crippen LogP contribution in [0.1, 0.15) is 28.8 Å². The van der Waals surface area contributed by atoms with Gasteiger partial charge in [-0.1, -0.05) is 30.3 Å². The first-order valence-electron chi connectivity index (χ1n) is 8.97. The second kappa shape index (κ2) is 6.78. The predicted octanol–water partition coefficient (Wildman–Crippen LogP) is 1.93. The van der Waals surface area contributed by atoms with E-state index in [1.165, 1.54) is 6.20 Å². The number of benzene rings is 1. The second-order valence-electron chi connectivity index (χ2n) is 7.06. The van der Waals surface area contributed by atoms with Gasteiger partial charge in [0, 0.05) is 31.9 Å². The number of piperidine rings is 1. The minimum atomic E-state index is -0.122. The van der Waals surface area contributed by atoms with E-state index >= 15 is 0 Å². The smallest absolute Gasteiger partial charge is 0.255 e. The molecular weight excluding hydrogens is 328 g/mol. The highest BCUT2D eigenvalue weighted by Gasteiger charge is 2.41. The Kier molecular flexibility index (Phi) is 4.32. The van der Waals surface area contributed by atoms with Crippen LogP contribution in [0.15, 0.2) is 48.7 Å². The minimum absolute atomic E-state index is 0.0622. The lowest BCUT2D eigenvalue weighted by atomic mass is 9.93. The maximum Gasteiger partial charge on any atom is 0.255 e. The molecule has 0 saturated carbocycles. The number of anilines is 1. The molecule has 2 atom stereocenters. The maximum atomic E-state index is 12.9. The van der Waals surface area contributed by atoms with Crippen molar-refractivity contribution in [2.45, 2.75) is 25.4 Å². The Morgan fingerprint density at radius 1 is 1.12 bits per heavy atom. The Hall–Kier alpha value is -2.89. The van der Waals surface area contributed by atoms with Crippen LogP contribution < -0.4 is 5.73 Å². The molecule has 2 aromatic rings. The van der Waals surface area contributed by atoms with Gasteiger partial charge in [-0.25, -0.2) is 4.98 Å². The molecule has 2 amide bonds. The molecule has 2 bridgehead atoms. The first-order valence-corrected chi connectivity index (χ1v) is 8.97. The molecular formula is C20H22N4O2. The SMILES string of the molecule is Nc1ccc(C(=O)N2C[C@@H]3CC[C@H](C2)N(Cc2ccccc2)C3=O)cn1. The minimum Gasteiger partial charge on any atom is -0.384 e. The Bertz CT molecular complexity index is 806. The fraction of sp³-hybridized carbons (Fsp3) is 0.350. The zero-order valence-electron chi connectivity index (χ0n) is 14.5. The number of amides is 2. The molecule has 3 saturated heterocycles. The van der Waals surface area contributed by atoms with Crippen molar-refractivity contribution in [2.24, 2.45) is 5.92 Å². The van der Waals surface area contributed by atoms with Crippen LogP contribution >= 0.6 is 0 Å². The molecule has 3 aliphatic rings. The van der Waals surface area contributed by atoms with Gasteiger partial charge in [-0.2, -0.15) is 0 Å². The number of hydrogen-bond acceptors (Lipinski definition) is 4. The molecule has 3 fully saturated rings. The third kappa shape index (κ3) is 3.14.